The number of carboxylic acids is 1. The third-order valence-corrected chi connectivity index (χ3v) is 8.63. The van der Waals surface area contributed by atoms with Gasteiger partial charge in [-0.25, -0.2) is 14.8 Å². The molecule has 3 heterocycles. The number of carbonyl (C=O) groups excluding carboxylic acids is 1. The van der Waals surface area contributed by atoms with E-state index >= 15 is 0 Å². The standard InChI is InChI=1S/C33H32N6O3S/c1-38-16-18-39(19-17-38)27-13-11-26(12-14-27)37-33(42)36-25-9-7-24(8-10-25)30-32-31(35-21-34-30)28(20-43-32)23-5-2-22(3-6-23)4-15-29(40)41/h2-3,5-14,20-21H,4,15-19H2,1H3,(H,40,41)(H2,36,37,42). The summed E-state index contributed by atoms with van der Waals surface area (Å²) in [5.41, 5.74) is 8.22. The molecule has 9 nitrogen and oxygen atoms in total. The zero-order chi connectivity index (χ0) is 29.8. The average Bonchev–Trinajstić information content (AvgIpc) is 3.46. The number of fused-ring (bicyclic) bond motifs is 1. The monoisotopic (exact) mass is 592 g/mol. The number of urea groups is 1. The van der Waals surface area contributed by atoms with Crippen LogP contribution >= 0.6 is 11.3 Å². The Balaban J connectivity index is 1.10. The van der Waals surface area contributed by atoms with Crippen molar-refractivity contribution in [3.8, 4) is 22.4 Å². The molecule has 0 radical (unpaired) electrons. The molecular formula is C33H32N6O3S. The molecule has 43 heavy (non-hydrogen) atoms. The van der Waals surface area contributed by atoms with Crippen LogP contribution in [0.5, 0.6) is 0 Å². The van der Waals surface area contributed by atoms with Gasteiger partial charge in [0.1, 0.15) is 6.33 Å². The molecule has 1 saturated heterocycles. The largest absolute Gasteiger partial charge is 0.481 e. The van der Waals surface area contributed by atoms with E-state index in [0.29, 0.717) is 12.1 Å². The summed E-state index contributed by atoms with van der Waals surface area (Å²) in [6, 6.07) is 23.2. The molecule has 3 aromatic carbocycles. The predicted octanol–water partition coefficient (Wildman–Crippen LogP) is 6.44. The minimum absolute atomic E-state index is 0.113. The number of piperazine rings is 1. The lowest BCUT2D eigenvalue weighted by molar-refractivity contribution is -0.136. The Morgan fingerprint density at radius 3 is 2.12 bits per heavy atom. The first-order valence-electron chi connectivity index (χ1n) is 14.2. The lowest BCUT2D eigenvalue weighted by Crippen LogP contribution is -2.44. The van der Waals surface area contributed by atoms with Crippen LogP contribution in [-0.4, -0.2) is 65.2 Å². The first kappa shape index (κ1) is 28.3. The van der Waals surface area contributed by atoms with Gasteiger partial charge in [-0.05, 0) is 61.0 Å². The summed E-state index contributed by atoms with van der Waals surface area (Å²) < 4.78 is 0.978. The Hall–Kier alpha value is -4.80. The molecule has 2 aromatic heterocycles. The smallest absolute Gasteiger partial charge is 0.323 e. The van der Waals surface area contributed by atoms with Crippen LogP contribution in [-0.2, 0) is 11.2 Å². The number of aliphatic carboxylic acids is 1. The molecule has 1 aliphatic rings. The van der Waals surface area contributed by atoms with Gasteiger partial charge in [-0.2, -0.15) is 0 Å². The number of likely N-dealkylation sites (N-methyl/N-ethyl adjacent to an activating group) is 1. The summed E-state index contributed by atoms with van der Waals surface area (Å²) in [6.45, 7) is 4.09. The van der Waals surface area contributed by atoms with Crippen LogP contribution in [0, 0.1) is 0 Å². The summed E-state index contributed by atoms with van der Waals surface area (Å²) in [5.74, 6) is -0.799. The van der Waals surface area contributed by atoms with Crippen molar-refractivity contribution >= 4 is 50.6 Å². The van der Waals surface area contributed by atoms with Crippen molar-refractivity contribution in [2.45, 2.75) is 12.8 Å². The Morgan fingerprint density at radius 2 is 1.47 bits per heavy atom. The highest BCUT2D eigenvalue weighted by atomic mass is 32.1. The molecule has 0 bridgehead atoms. The van der Waals surface area contributed by atoms with E-state index in [0.717, 1.165) is 75.7 Å². The molecule has 0 atom stereocenters. The van der Waals surface area contributed by atoms with Gasteiger partial charge in [-0.3, -0.25) is 4.79 Å². The maximum Gasteiger partial charge on any atom is 0.323 e. The van der Waals surface area contributed by atoms with E-state index in [1.54, 1.807) is 17.7 Å². The summed E-state index contributed by atoms with van der Waals surface area (Å²) in [6.07, 6.45) is 2.19. The van der Waals surface area contributed by atoms with Gasteiger partial charge in [-0.1, -0.05) is 36.4 Å². The van der Waals surface area contributed by atoms with Gasteiger partial charge in [0, 0.05) is 66.2 Å². The number of carboxylic acid groups (broad SMARTS) is 1. The first-order chi connectivity index (χ1) is 20.9. The van der Waals surface area contributed by atoms with Crippen LogP contribution in [0.1, 0.15) is 12.0 Å². The van der Waals surface area contributed by atoms with Gasteiger partial charge in [0.25, 0.3) is 0 Å². The molecule has 6 rings (SSSR count). The Morgan fingerprint density at radius 1 is 0.837 bits per heavy atom. The second kappa shape index (κ2) is 12.6. The predicted molar refractivity (Wildman–Crippen MR) is 173 cm³/mol. The molecule has 0 saturated carbocycles. The van der Waals surface area contributed by atoms with Crippen LogP contribution in [0.4, 0.5) is 21.9 Å². The molecular weight excluding hydrogens is 560 g/mol. The van der Waals surface area contributed by atoms with Crippen molar-refractivity contribution in [1.29, 1.82) is 0 Å². The van der Waals surface area contributed by atoms with E-state index in [9.17, 15) is 9.59 Å². The molecule has 10 heteroatoms. The number of aromatic nitrogens is 2. The van der Waals surface area contributed by atoms with Gasteiger partial charge in [0.15, 0.2) is 0 Å². The van der Waals surface area contributed by atoms with E-state index in [-0.39, 0.29) is 12.5 Å². The second-order valence-electron chi connectivity index (χ2n) is 10.6. The number of amides is 2. The first-order valence-corrected chi connectivity index (χ1v) is 15.1. The van der Waals surface area contributed by atoms with Crippen LogP contribution in [0.3, 0.4) is 0 Å². The Bertz CT molecular complexity index is 1730. The maximum absolute atomic E-state index is 12.7. The number of aryl methyl sites for hydroxylation is 1. The van der Waals surface area contributed by atoms with Crippen molar-refractivity contribution in [3.05, 3.63) is 90.1 Å². The van der Waals surface area contributed by atoms with Gasteiger partial charge >= 0.3 is 12.0 Å². The number of nitrogens with zero attached hydrogens (tertiary/aromatic N) is 4. The second-order valence-corrected chi connectivity index (χ2v) is 11.5. The molecule has 5 aromatic rings. The fourth-order valence-electron chi connectivity index (χ4n) is 5.19. The van der Waals surface area contributed by atoms with Gasteiger partial charge in [0.2, 0.25) is 0 Å². The minimum atomic E-state index is -0.799. The molecule has 0 spiro atoms. The highest BCUT2D eigenvalue weighted by molar-refractivity contribution is 7.18. The van der Waals surface area contributed by atoms with Crippen LogP contribution < -0.4 is 15.5 Å². The zero-order valence-electron chi connectivity index (χ0n) is 23.8. The molecule has 218 valence electrons. The van der Waals surface area contributed by atoms with E-state index in [4.69, 9.17) is 5.11 Å². The number of rotatable bonds is 8. The highest BCUT2D eigenvalue weighted by Gasteiger charge is 2.16. The van der Waals surface area contributed by atoms with Crippen LogP contribution in [0.2, 0.25) is 0 Å². The summed E-state index contributed by atoms with van der Waals surface area (Å²) in [7, 11) is 2.14. The topological polar surface area (TPSA) is 111 Å². The van der Waals surface area contributed by atoms with E-state index in [1.165, 1.54) is 0 Å². The minimum Gasteiger partial charge on any atom is -0.481 e. The molecule has 2 amide bonds. The highest BCUT2D eigenvalue weighted by Crippen LogP contribution is 2.37. The van der Waals surface area contributed by atoms with Gasteiger partial charge in [-0.15, -0.1) is 11.3 Å². The quantitative estimate of drug-likeness (QED) is 0.190. The fourth-order valence-corrected chi connectivity index (χ4v) is 6.23. The lowest BCUT2D eigenvalue weighted by atomic mass is 10.0. The van der Waals surface area contributed by atoms with Crippen molar-refractivity contribution in [2.24, 2.45) is 0 Å². The Labute approximate surface area is 253 Å². The average molecular weight is 593 g/mol. The maximum atomic E-state index is 12.7. The van der Waals surface area contributed by atoms with Crippen LogP contribution in [0.15, 0.2) is 84.5 Å². The van der Waals surface area contributed by atoms with Crippen LogP contribution in [0.25, 0.3) is 32.6 Å². The number of anilines is 3. The summed E-state index contributed by atoms with van der Waals surface area (Å²) >= 11 is 1.59. The number of thiophene rings is 1. The SMILES string of the molecule is CN1CCN(c2ccc(NC(=O)Nc3ccc(-c4ncnc5c(-c6ccc(CCC(=O)O)cc6)csc45)cc3)cc2)CC1. The summed E-state index contributed by atoms with van der Waals surface area (Å²) in [4.78, 5) is 37.4. The van der Waals surface area contributed by atoms with Gasteiger partial charge < -0.3 is 25.5 Å². The zero-order valence-corrected chi connectivity index (χ0v) is 24.6. The molecule has 1 fully saturated rings. The number of nitrogens with one attached hydrogen (secondary N) is 2. The number of carbonyl (C=O) groups is 2. The summed E-state index contributed by atoms with van der Waals surface area (Å²) in [5, 5.41) is 16.8. The number of hydrogen-bond donors (Lipinski definition) is 3. The van der Waals surface area contributed by atoms with Crippen molar-refractivity contribution in [3.63, 3.8) is 0 Å². The molecule has 1 aliphatic heterocycles. The van der Waals surface area contributed by atoms with E-state index < -0.39 is 5.97 Å². The normalized spacial score (nSPS) is 13.7. The van der Waals surface area contributed by atoms with Crippen molar-refractivity contribution < 1.29 is 14.7 Å². The number of benzene rings is 3. The van der Waals surface area contributed by atoms with E-state index in [2.05, 4.69) is 42.8 Å². The lowest BCUT2D eigenvalue weighted by Gasteiger charge is -2.34. The van der Waals surface area contributed by atoms with Crippen molar-refractivity contribution in [2.75, 3.05) is 48.8 Å². The van der Waals surface area contributed by atoms with Gasteiger partial charge in [0.05, 0.1) is 15.9 Å². The molecule has 0 aliphatic carbocycles. The third kappa shape index (κ3) is 6.66. The number of hydrogen-bond acceptors (Lipinski definition) is 7. The third-order valence-electron chi connectivity index (χ3n) is 7.66. The van der Waals surface area contributed by atoms with E-state index in [1.807, 2.05) is 72.8 Å². The fraction of sp³-hybridized carbons (Fsp3) is 0.212. The molecule has 0 unspecified atom stereocenters. The van der Waals surface area contributed by atoms with Crippen molar-refractivity contribution in [1.82, 2.24) is 14.9 Å². The molecule has 3 N–H and O–H groups in total. The Kier molecular flexibility index (Phi) is 8.30.